The van der Waals surface area contributed by atoms with E-state index >= 15 is 0 Å². The number of hydrogen-bond donors (Lipinski definition) is 0. The quantitative estimate of drug-likeness (QED) is 0.176. The molecule has 0 amide bonds. The van der Waals surface area contributed by atoms with Gasteiger partial charge in [-0.2, -0.15) is 0 Å². The van der Waals surface area contributed by atoms with Crippen molar-refractivity contribution in [1.29, 1.82) is 0 Å². The minimum absolute atomic E-state index is 1.10. The topological polar surface area (TPSA) is 0 Å². The average Bonchev–Trinajstić information content (AvgIpc) is 2.91. The van der Waals surface area contributed by atoms with E-state index in [1.165, 1.54) is 65.3 Å². The van der Waals surface area contributed by atoms with Crippen LogP contribution >= 0.6 is 31.9 Å². The van der Waals surface area contributed by atoms with Gasteiger partial charge in [0.15, 0.2) is 0 Å². The van der Waals surface area contributed by atoms with E-state index in [1.54, 1.807) is 0 Å². The first-order chi connectivity index (χ1) is 17.7. The number of fused-ring (bicyclic) bond motifs is 4. The molecule has 7 aromatic rings. The molecule has 36 heavy (non-hydrogen) atoms. The molecule has 0 saturated carbocycles. The van der Waals surface area contributed by atoms with Crippen LogP contribution in [0.2, 0.25) is 0 Å². The lowest BCUT2D eigenvalue weighted by molar-refractivity contribution is 1.66. The van der Waals surface area contributed by atoms with Crippen molar-refractivity contribution in [1.82, 2.24) is 0 Å². The minimum atomic E-state index is 1.10. The maximum atomic E-state index is 3.61. The Labute approximate surface area is 226 Å². The molecule has 170 valence electrons. The molecule has 7 aromatic carbocycles. The Bertz CT molecular complexity index is 1770. The van der Waals surface area contributed by atoms with E-state index in [0.717, 1.165) is 8.95 Å². The number of benzene rings is 7. The van der Waals surface area contributed by atoms with Crippen LogP contribution in [0.5, 0.6) is 0 Å². The van der Waals surface area contributed by atoms with Crippen LogP contribution in [0.25, 0.3) is 65.3 Å². The fourth-order valence-corrected chi connectivity index (χ4v) is 6.25. The number of rotatable bonds is 2. The molecule has 0 fully saturated rings. The fourth-order valence-electron chi connectivity index (χ4n) is 5.49. The maximum absolute atomic E-state index is 3.61. The van der Waals surface area contributed by atoms with Gasteiger partial charge in [-0.25, -0.2) is 0 Å². The lowest BCUT2D eigenvalue weighted by atomic mass is 9.85. The van der Waals surface area contributed by atoms with Crippen molar-refractivity contribution in [2.24, 2.45) is 0 Å². The van der Waals surface area contributed by atoms with E-state index in [9.17, 15) is 0 Å². The largest absolute Gasteiger partial charge is 0.0616 e. The fraction of sp³-hybridized carbons (Fsp3) is 0. The van der Waals surface area contributed by atoms with E-state index in [0.29, 0.717) is 0 Å². The molecule has 0 aromatic heterocycles. The van der Waals surface area contributed by atoms with Gasteiger partial charge in [0, 0.05) is 8.95 Å². The molecule has 7 rings (SSSR count). The predicted octanol–water partition coefficient (Wildman–Crippen LogP) is 11.2. The summed E-state index contributed by atoms with van der Waals surface area (Å²) in [5.41, 5.74) is 5.07. The molecule has 2 heteroatoms. The summed E-state index contributed by atoms with van der Waals surface area (Å²) in [4.78, 5) is 0. The molecule has 0 N–H and O–H groups in total. The van der Waals surface area contributed by atoms with Crippen LogP contribution in [0.4, 0.5) is 0 Å². The highest BCUT2D eigenvalue weighted by atomic mass is 79.9. The predicted molar refractivity (Wildman–Crippen MR) is 163 cm³/mol. The van der Waals surface area contributed by atoms with Crippen LogP contribution in [0, 0.1) is 0 Å². The molecule has 0 aliphatic heterocycles. The van der Waals surface area contributed by atoms with Crippen molar-refractivity contribution in [3.63, 3.8) is 0 Å². The molecule has 0 heterocycles. The monoisotopic (exact) mass is 586 g/mol. The third kappa shape index (κ3) is 3.56. The molecule has 0 bridgehead atoms. The van der Waals surface area contributed by atoms with Gasteiger partial charge in [-0.15, -0.1) is 0 Å². The van der Waals surface area contributed by atoms with Gasteiger partial charge in [0.05, 0.1) is 0 Å². The van der Waals surface area contributed by atoms with Crippen molar-refractivity contribution in [3.8, 4) is 22.3 Å². The van der Waals surface area contributed by atoms with Crippen LogP contribution in [0.3, 0.4) is 0 Å². The van der Waals surface area contributed by atoms with Gasteiger partial charge in [-0.1, -0.05) is 117 Å². The molecule has 0 nitrogen and oxygen atoms in total. The Balaban J connectivity index is 1.57. The molecule has 0 radical (unpaired) electrons. The van der Waals surface area contributed by atoms with Crippen LogP contribution in [0.15, 0.2) is 130 Å². The van der Waals surface area contributed by atoms with E-state index in [2.05, 4.69) is 153 Å². The molecular weight excluding hydrogens is 568 g/mol. The number of hydrogen-bond acceptors (Lipinski definition) is 0. The zero-order chi connectivity index (χ0) is 24.2. The van der Waals surface area contributed by atoms with Crippen molar-refractivity contribution in [2.45, 2.75) is 0 Å². The molecule has 0 saturated heterocycles. The van der Waals surface area contributed by atoms with E-state index in [-0.39, 0.29) is 0 Å². The van der Waals surface area contributed by atoms with Gasteiger partial charge in [0.2, 0.25) is 0 Å². The summed E-state index contributed by atoms with van der Waals surface area (Å²) >= 11 is 7.21. The molecule has 0 atom stereocenters. The van der Waals surface area contributed by atoms with Crippen LogP contribution in [-0.4, -0.2) is 0 Å². The Kier molecular flexibility index (Phi) is 5.20. The standard InChI is InChI=1S/C34H20Br2/c35-27-15-13-21-17-25(11-9-23(21)19-27)33-29-5-1-2-6-30(29)34(32-8-4-3-7-31(32)33)26-12-10-24-20-28(36)16-14-22(24)18-26/h1-20H. The van der Waals surface area contributed by atoms with Gasteiger partial charge >= 0.3 is 0 Å². The van der Waals surface area contributed by atoms with E-state index < -0.39 is 0 Å². The van der Waals surface area contributed by atoms with Crippen molar-refractivity contribution >= 4 is 74.9 Å². The van der Waals surface area contributed by atoms with Gasteiger partial charge in [0.25, 0.3) is 0 Å². The Morgan fingerprint density at radius 1 is 0.333 bits per heavy atom. The normalized spacial score (nSPS) is 11.6. The Morgan fingerprint density at radius 2 is 0.667 bits per heavy atom. The first-order valence-corrected chi connectivity index (χ1v) is 13.6. The first kappa shape index (κ1) is 21.8. The van der Waals surface area contributed by atoms with E-state index in [4.69, 9.17) is 0 Å². The van der Waals surface area contributed by atoms with Gasteiger partial charge in [0.1, 0.15) is 0 Å². The zero-order valence-electron chi connectivity index (χ0n) is 19.3. The van der Waals surface area contributed by atoms with Crippen LogP contribution < -0.4 is 0 Å². The van der Waals surface area contributed by atoms with Crippen molar-refractivity contribution in [2.75, 3.05) is 0 Å². The third-order valence-corrected chi connectivity index (χ3v) is 8.10. The first-order valence-electron chi connectivity index (χ1n) is 12.0. The summed E-state index contributed by atoms with van der Waals surface area (Å²) in [5, 5.41) is 10.1. The lowest BCUT2D eigenvalue weighted by Gasteiger charge is -2.18. The van der Waals surface area contributed by atoms with E-state index in [1.807, 2.05) is 0 Å². The highest BCUT2D eigenvalue weighted by Crippen LogP contribution is 2.44. The SMILES string of the molecule is Brc1ccc2cc(-c3c4ccccc4c(-c4ccc5cc(Br)ccc5c4)c4ccccc34)ccc2c1. The van der Waals surface area contributed by atoms with Crippen molar-refractivity contribution in [3.05, 3.63) is 130 Å². The third-order valence-electron chi connectivity index (χ3n) is 7.11. The second-order valence-electron chi connectivity index (χ2n) is 9.25. The molecule has 0 aliphatic carbocycles. The summed E-state index contributed by atoms with van der Waals surface area (Å²) in [6.07, 6.45) is 0. The maximum Gasteiger partial charge on any atom is 0.0181 e. The second kappa shape index (κ2) is 8.58. The summed E-state index contributed by atoms with van der Waals surface area (Å²) in [5.74, 6) is 0. The molecule has 0 spiro atoms. The number of halogens is 2. The van der Waals surface area contributed by atoms with Gasteiger partial charge < -0.3 is 0 Å². The highest BCUT2D eigenvalue weighted by Gasteiger charge is 2.17. The summed E-state index contributed by atoms with van der Waals surface area (Å²) in [7, 11) is 0. The zero-order valence-corrected chi connectivity index (χ0v) is 22.5. The van der Waals surface area contributed by atoms with Gasteiger partial charge in [-0.05, 0) is 102 Å². The molecule has 0 unspecified atom stereocenters. The Hall–Kier alpha value is -3.46. The van der Waals surface area contributed by atoms with Crippen molar-refractivity contribution < 1.29 is 0 Å². The van der Waals surface area contributed by atoms with Crippen LogP contribution in [0.1, 0.15) is 0 Å². The van der Waals surface area contributed by atoms with Gasteiger partial charge in [-0.3, -0.25) is 0 Å². The summed E-state index contributed by atoms with van der Waals surface area (Å²) < 4.78 is 2.21. The average molecular weight is 588 g/mol. The van der Waals surface area contributed by atoms with Crippen LogP contribution in [-0.2, 0) is 0 Å². The summed E-state index contributed by atoms with van der Waals surface area (Å²) in [6, 6.07) is 44.3. The molecular formula is C34H20Br2. The minimum Gasteiger partial charge on any atom is -0.0616 e. The smallest absolute Gasteiger partial charge is 0.0181 e. The highest BCUT2D eigenvalue weighted by molar-refractivity contribution is 9.10. The molecule has 0 aliphatic rings. The lowest BCUT2D eigenvalue weighted by Crippen LogP contribution is -1.91. The second-order valence-corrected chi connectivity index (χ2v) is 11.1. The summed E-state index contributed by atoms with van der Waals surface area (Å²) in [6.45, 7) is 0. The Morgan fingerprint density at radius 3 is 1.06 bits per heavy atom.